The summed E-state index contributed by atoms with van der Waals surface area (Å²) in [7, 11) is 1.79. The lowest BCUT2D eigenvalue weighted by molar-refractivity contribution is 0.628. The van der Waals surface area contributed by atoms with Crippen LogP contribution in [0.15, 0.2) is 24.3 Å². The molecule has 0 saturated carbocycles. The van der Waals surface area contributed by atoms with E-state index < -0.39 is 0 Å². The van der Waals surface area contributed by atoms with Gasteiger partial charge in [0, 0.05) is 24.4 Å². The summed E-state index contributed by atoms with van der Waals surface area (Å²) in [6, 6.07) is 6.11. The zero-order valence-corrected chi connectivity index (χ0v) is 11.8. The van der Waals surface area contributed by atoms with Gasteiger partial charge < -0.3 is 5.32 Å². The summed E-state index contributed by atoms with van der Waals surface area (Å²) in [6.45, 7) is 4.11. The summed E-state index contributed by atoms with van der Waals surface area (Å²) in [5.74, 6) is 1.12. The van der Waals surface area contributed by atoms with Crippen LogP contribution in [0.2, 0.25) is 5.02 Å². The van der Waals surface area contributed by atoms with Crippen LogP contribution in [0.4, 0.5) is 10.2 Å². The van der Waals surface area contributed by atoms with Crippen molar-refractivity contribution in [3.05, 3.63) is 40.8 Å². The number of nitrogens with one attached hydrogen (secondary N) is 1. The fourth-order valence-corrected chi connectivity index (χ4v) is 1.93. The van der Waals surface area contributed by atoms with E-state index in [4.69, 9.17) is 11.6 Å². The Morgan fingerprint density at radius 2 is 1.95 bits per heavy atom. The molecule has 0 amide bonds. The zero-order valence-electron chi connectivity index (χ0n) is 11.0. The van der Waals surface area contributed by atoms with Gasteiger partial charge in [0.2, 0.25) is 0 Å². The number of aromatic nitrogens is 2. The number of anilines is 1. The largest absolute Gasteiger partial charge is 0.373 e. The van der Waals surface area contributed by atoms with Gasteiger partial charge in [-0.05, 0) is 24.1 Å². The summed E-state index contributed by atoms with van der Waals surface area (Å²) >= 11 is 6.05. The number of benzene rings is 1. The molecule has 0 aliphatic heterocycles. The summed E-state index contributed by atoms with van der Waals surface area (Å²) < 4.78 is 13.1. The van der Waals surface area contributed by atoms with Crippen molar-refractivity contribution in [2.45, 2.75) is 19.8 Å². The average molecular weight is 280 g/mol. The molecule has 0 aliphatic carbocycles. The van der Waals surface area contributed by atoms with Gasteiger partial charge in [-0.25, -0.2) is 14.4 Å². The van der Waals surface area contributed by atoms with Crippen molar-refractivity contribution >= 4 is 17.4 Å². The third-order valence-corrected chi connectivity index (χ3v) is 3.08. The molecule has 3 nitrogen and oxygen atoms in total. The van der Waals surface area contributed by atoms with Crippen molar-refractivity contribution in [3.8, 4) is 11.4 Å². The first-order chi connectivity index (χ1) is 9.01. The Morgan fingerprint density at radius 3 is 2.53 bits per heavy atom. The molecule has 0 aliphatic rings. The highest BCUT2D eigenvalue weighted by atomic mass is 35.5. The normalized spacial score (nSPS) is 10.8. The lowest BCUT2D eigenvalue weighted by Gasteiger charge is -2.11. The van der Waals surface area contributed by atoms with Crippen molar-refractivity contribution in [2.75, 3.05) is 12.4 Å². The Kier molecular flexibility index (Phi) is 4.00. The van der Waals surface area contributed by atoms with E-state index >= 15 is 0 Å². The fraction of sp³-hybridized carbons (Fsp3) is 0.286. The maximum atomic E-state index is 13.1. The average Bonchev–Trinajstić information content (AvgIpc) is 2.38. The van der Waals surface area contributed by atoms with Crippen LogP contribution in [0.3, 0.4) is 0 Å². The van der Waals surface area contributed by atoms with Crippen LogP contribution < -0.4 is 5.32 Å². The van der Waals surface area contributed by atoms with E-state index in [2.05, 4.69) is 29.1 Å². The van der Waals surface area contributed by atoms with E-state index in [0.29, 0.717) is 22.2 Å². The monoisotopic (exact) mass is 279 g/mol. The van der Waals surface area contributed by atoms with E-state index in [1.807, 2.05) is 6.07 Å². The molecular weight excluding hydrogens is 265 g/mol. The van der Waals surface area contributed by atoms with Crippen LogP contribution in [0.1, 0.15) is 25.5 Å². The van der Waals surface area contributed by atoms with Crippen LogP contribution in [0.25, 0.3) is 11.4 Å². The van der Waals surface area contributed by atoms with Crippen molar-refractivity contribution in [2.24, 2.45) is 0 Å². The van der Waals surface area contributed by atoms with E-state index in [1.165, 1.54) is 12.1 Å². The molecule has 5 heteroatoms. The lowest BCUT2D eigenvalue weighted by Crippen LogP contribution is -2.02. The highest BCUT2D eigenvalue weighted by molar-refractivity contribution is 6.33. The van der Waals surface area contributed by atoms with Gasteiger partial charge in [-0.15, -0.1) is 0 Å². The molecule has 1 aromatic carbocycles. The summed E-state index contributed by atoms with van der Waals surface area (Å²) in [4.78, 5) is 8.85. The maximum Gasteiger partial charge on any atom is 0.163 e. The summed E-state index contributed by atoms with van der Waals surface area (Å²) in [5, 5.41) is 3.30. The molecule has 0 atom stereocenters. The van der Waals surface area contributed by atoms with Gasteiger partial charge in [0.05, 0.1) is 5.02 Å². The van der Waals surface area contributed by atoms with E-state index in [-0.39, 0.29) is 11.7 Å². The third kappa shape index (κ3) is 3.01. The zero-order chi connectivity index (χ0) is 14.0. The van der Waals surface area contributed by atoms with E-state index in [1.54, 1.807) is 13.1 Å². The molecule has 100 valence electrons. The first-order valence-electron chi connectivity index (χ1n) is 6.03. The Balaban J connectivity index is 2.57. The van der Waals surface area contributed by atoms with Gasteiger partial charge in [0.15, 0.2) is 5.82 Å². The molecular formula is C14H15ClFN3. The molecule has 1 heterocycles. The number of hydrogen-bond donors (Lipinski definition) is 1. The van der Waals surface area contributed by atoms with Crippen LogP contribution in [0, 0.1) is 5.82 Å². The number of hydrogen-bond acceptors (Lipinski definition) is 3. The molecule has 19 heavy (non-hydrogen) atoms. The Bertz CT molecular complexity index is 599. The maximum absolute atomic E-state index is 13.1. The van der Waals surface area contributed by atoms with Crippen molar-refractivity contribution in [3.63, 3.8) is 0 Å². The molecule has 0 saturated heterocycles. The highest BCUT2D eigenvalue weighted by Crippen LogP contribution is 2.28. The molecule has 0 unspecified atom stereocenters. The molecule has 2 aromatic rings. The van der Waals surface area contributed by atoms with E-state index in [0.717, 1.165) is 5.69 Å². The highest BCUT2D eigenvalue weighted by Gasteiger charge is 2.12. The van der Waals surface area contributed by atoms with Gasteiger partial charge >= 0.3 is 0 Å². The molecule has 0 fully saturated rings. The smallest absolute Gasteiger partial charge is 0.163 e. The van der Waals surface area contributed by atoms with Gasteiger partial charge in [0.25, 0.3) is 0 Å². The summed E-state index contributed by atoms with van der Waals surface area (Å²) in [5.41, 5.74) is 1.54. The second-order valence-corrected chi connectivity index (χ2v) is 4.94. The van der Waals surface area contributed by atoms with Gasteiger partial charge in [-0.1, -0.05) is 25.4 Å². The molecule has 0 spiro atoms. The van der Waals surface area contributed by atoms with Crippen molar-refractivity contribution in [1.29, 1.82) is 0 Å². The predicted octanol–water partition coefficient (Wildman–Crippen LogP) is 4.10. The van der Waals surface area contributed by atoms with Crippen LogP contribution >= 0.6 is 11.6 Å². The van der Waals surface area contributed by atoms with E-state index in [9.17, 15) is 4.39 Å². The number of nitrogens with zero attached hydrogens (tertiary/aromatic N) is 2. The van der Waals surface area contributed by atoms with Gasteiger partial charge in [-0.2, -0.15) is 0 Å². The SMILES string of the molecule is CNc1cc(C(C)C)nc(-c2ccc(F)cc2Cl)n1. The molecule has 1 N–H and O–H groups in total. The quantitative estimate of drug-likeness (QED) is 0.919. The molecule has 1 aromatic heterocycles. The van der Waals surface area contributed by atoms with Gasteiger partial charge in [0.1, 0.15) is 11.6 Å². The van der Waals surface area contributed by atoms with Crippen LogP contribution in [0.5, 0.6) is 0 Å². The molecule has 2 rings (SSSR count). The Labute approximate surface area is 116 Å². The topological polar surface area (TPSA) is 37.8 Å². The minimum Gasteiger partial charge on any atom is -0.373 e. The second kappa shape index (κ2) is 5.53. The van der Waals surface area contributed by atoms with Gasteiger partial charge in [-0.3, -0.25) is 0 Å². The second-order valence-electron chi connectivity index (χ2n) is 4.53. The Morgan fingerprint density at radius 1 is 1.21 bits per heavy atom. The fourth-order valence-electron chi connectivity index (χ4n) is 1.68. The van der Waals surface area contributed by atoms with Crippen LogP contribution in [-0.2, 0) is 0 Å². The minimum atomic E-state index is -0.373. The summed E-state index contributed by atoms with van der Waals surface area (Å²) in [6.07, 6.45) is 0. The number of halogens is 2. The van der Waals surface area contributed by atoms with Crippen molar-refractivity contribution in [1.82, 2.24) is 9.97 Å². The molecule has 0 radical (unpaired) electrons. The molecule has 0 bridgehead atoms. The first-order valence-corrected chi connectivity index (χ1v) is 6.41. The third-order valence-electron chi connectivity index (χ3n) is 2.77. The number of rotatable bonds is 3. The van der Waals surface area contributed by atoms with Crippen molar-refractivity contribution < 1.29 is 4.39 Å². The minimum absolute atomic E-state index is 0.271. The first kappa shape index (κ1) is 13.7. The Hall–Kier alpha value is -1.68. The lowest BCUT2D eigenvalue weighted by atomic mass is 10.1. The predicted molar refractivity (Wildman–Crippen MR) is 76.1 cm³/mol. The van der Waals surface area contributed by atoms with Crippen LogP contribution in [-0.4, -0.2) is 17.0 Å². The standard InChI is InChI=1S/C14H15ClFN3/c1-8(2)12-7-13(17-3)19-14(18-12)10-5-4-9(16)6-11(10)15/h4-8H,1-3H3,(H,17,18,19).